The lowest BCUT2D eigenvalue weighted by atomic mass is 10.2. The lowest BCUT2D eigenvalue weighted by Crippen LogP contribution is -2.21. The Bertz CT molecular complexity index is 1430. The molecule has 0 spiro atoms. The van der Waals surface area contributed by atoms with Crippen LogP contribution in [0.2, 0.25) is 0 Å². The van der Waals surface area contributed by atoms with Crippen molar-refractivity contribution in [1.29, 1.82) is 0 Å². The van der Waals surface area contributed by atoms with E-state index in [2.05, 4.69) is 0 Å². The maximum absolute atomic E-state index is 12.8. The van der Waals surface area contributed by atoms with Crippen LogP contribution in [0.25, 0.3) is 17.0 Å². The minimum Gasteiger partial charge on any atom is -0.497 e. The molecule has 170 valence electrons. The van der Waals surface area contributed by atoms with E-state index in [9.17, 15) is 21.6 Å². The molecule has 0 saturated carbocycles. The summed E-state index contributed by atoms with van der Waals surface area (Å²) in [7, 11) is -4.53. The smallest absolute Gasteiger partial charge is 0.355 e. The summed E-state index contributed by atoms with van der Waals surface area (Å²) in [4.78, 5) is 11.6. The van der Waals surface area contributed by atoms with Crippen LogP contribution in [0.15, 0.2) is 62.0 Å². The molecule has 1 heterocycles. The number of ether oxygens (including phenoxy) is 3. The standard InChI is InChI=1S/C21H20O9S2/c1-27-15-6-4-14(5-7-15)8-9-31(23,24)13-32(25,26)20-12-17-18(29-3)10-16(28-2)11-19(17)30-21(20)22/h4-12H,13H2,1-3H3. The third-order valence-electron chi connectivity index (χ3n) is 4.45. The van der Waals surface area contributed by atoms with Crippen LogP contribution < -0.4 is 19.8 Å². The van der Waals surface area contributed by atoms with Crippen molar-refractivity contribution < 1.29 is 35.5 Å². The van der Waals surface area contributed by atoms with E-state index < -0.39 is 35.3 Å². The second kappa shape index (κ2) is 9.05. The molecular formula is C21H20O9S2. The number of sulfone groups is 2. The Morgan fingerprint density at radius 2 is 1.53 bits per heavy atom. The molecule has 0 atom stereocenters. The minimum absolute atomic E-state index is 0.0346. The molecule has 0 aliphatic rings. The lowest BCUT2D eigenvalue weighted by Gasteiger charge is -2.09. The van der Waals surface area contributed by atoms with Gasteiger partial charge in [0.1, 0.15) is 22.8 Å². The van der Waals surface area contributed by atoms with Gasteiger partial charge < -0.3 is 18.6 Å². The largest absolute Gasteiger partial charge is 0.497 e. The molecule has 0 N–H and O–H groups in total. The molecule has 0 amide bonds. The van der Waals surface area contributed by atoms with Crippen molar-refractivity contribution in [3.05, 3.63) is 63.9 Å². The molecule has 3 rings (SSSR count). The van der Waals surface area contributed by atoms with Gasteiger partial charge in [-0.25, -0.2) is 21.6 Å². The van der Waals surface area contributed by atoms with E-state index in [0.717, 1.165) is 11.5 Å². The van der Waals surface area contributed by atoms with Crippen molar-refractivity contribution in [3.8, 4) is 17.2 Å². The summed E-state index contributed by atoms with van der Waals surface area (Å²) >= 11 is 0. The first-order chi connectivity index (χ1) is 15.1. The lowest BCUT2D eigenvalue weighted by molar-refractivity contribution is 0.395. The van der Waals surface area contributed by atoms with Crippen LogP contribution >= 0.6 is 0 Å². The Balaban J connectivity index is 1.96. The van der Waals surface area contributed by atoms with Gasteiger partial charge in [-0.05, 0) is 29.8 Å². The fraction of sp³-hybridized carbons (Fsp3) is 0.190. The molecule has 0 unspecified atom stereocenters. The van der Waals surface area contributed by atoms with Crippen LogP contribution in [0.1, 0.15) is 5.56 Å². The Labute approximate surface area is 184 Å². The van der Waals surface area contributed by atoms with E-state index in [0.29, 0.717) is 17.1 Å². The van der Waals surface area contributed by atoms with Crippen LogP contribution in [-0.4, -0.2) is 43.2 Å². The fourth-order valence-corrected chi connectivity index (χ4v) is 6.37. The van der Waals surface area contributed by atoms with Crippen molar-refractivity contribution in [1.82, 2.24) is 0 Å². The topological polar surface area (TPSA) is 126 Å². The highest BCUT2D eigenvalue weighted by Crippen LogP contribution is 2.31. The quantitative estimate of drug-likeness (QED) is 0.447. The van der Waals surface area contributed by atoms with Gasteiger partial charge in [-0.1, -0.05) is 12.1 Å². The first-order valence-corrected chi connectivity index (χ1v) is 12.4. The number of rotatable bonds is 8. The zero-order valence-electron chi connectivity index (χ0n) is 17.4. The zero-order valence-corrected chi connectivity index (χ0v) is 19.0. The number of hydrogen-bond donors (Lipinski definition) is 0. The maximum Gasteiger partial charge on any atom is 0.355 e. The molecule has 2 aromatic carbocycles. The van der Waals surface area contributed by atoms with Crippen molar-refractivity contribution in [2.75, 3.05) is 26.4 Å². The third-order valence-corrected chi connectivity index (χ3v) is 8.51. The van der Waals surface area contributed by atoms with Gasteiger partial charge >= 0.3 is 5.63 Å². The summed E-state index contributed by atoms with van der Waals surface area (Å²) in [6.45, 7) is 0. The highest BCUT2D eigenvalue weighted by molar-refractivity contribution is 8.09. The molecule has 0 fully saturated rings. The number of fused-ring (bicyclic) bond motifs is 1. The van der Waals surface area contributed by atoms with E-state index in [-0.39, 0.29) is 16.7 Å². The van der Waals surface area contributed by atoms with Crippen molar-refractivity contribution in [2.45, 2.75) is 4.90 Å². The minimum atomic E-state index is -4.55. The zero-order chi connectivity index (χ0) is 23.5. The van der Waals surface area contributed by atoms with E-state index in [1.54, 1.807) is 24.3 Å². The van der Waals surface area contributed by atoms with Crippen LogP contribution in [0.3, 0.4) is 0 Å². The molecule has 32 heavy (non-hydrogen) atoms. The molecule has 0 saturated heterocycles. The van der Waals surface area contributed by atoms with Crippen LogP contribution in [0.4, 0.5) is 0 Å². The predicted octanol–water partition coefficient (Wildman–Crippen LogP) is 2.64. The van der Waals surface area contributed by atoms with Crippen LogP contribution in [0.5, 0.6) is 17.2 Å². The SMILES string of the molecule is COc1ccc(C=CS(=O)(=O)CS(=O)(=O)c2cc3c(OC)cc(OC)cc3oc2=O)cc1. The molecule has 0 bridgehead atoms. The number of methoxy groups -OCH3 is 3. The van der Waals surface area contributed by atoms with Crippen molar-refractivity contribution >= 4 is 36.7 Å². The van der Waals surface area contributed by atoms with E-state index in [4.69, 9.17) is 18.6 Å². The number of hydrogen-bond acceptors (Lipinski definition) is 9. The maximum atomic E-state index is 12.8. The van der Waals surface area contributed by atoms with E-state index in [1.807, 2.05) is 0 Å². The second-order valence-electron chi connectivity index (χ2n) is 6.61. The van der Waals surface area contributed by atoms with Gasteiger partial charge in [0, 0.05) is 17.5 Å². The summed E-state index contributed by atoms with van der Waals surface area (Å²) in [5.74, 6) is 1.12. The molecule has 0 radical (unpaired) electrons. The average Bonchev–Trinajstić information content (AvgIpc) is 2.75. The van der Waals surface area contributed by atoms with Gasteiger partial charge in [0.2, 0.25) is 0 Å². The highest BCUT2D eigenvalue weighted by atomic mass is 32.3. The monoisotopic (exact) mass is 480 g/mol. The summed E-state index contributed by atoms with van der Waals surface area (Å²) < 4.78 is 70.8. The van der Waals surface area contributed by atoms with Gasteiger partial charge in [0.25, 0.3) is 0 Å². The van der Waals surface area contributed by atoms with E-state index >= 15 is 0 Å². The van der Waals surface area contributed by atoms with Gasteiger partial charge in [-0.2, -0.15) is 0 Å². The number of benzene rings is 2. The molecule has 0 aliphatic carbocycles. The summed E-state index contributed by atoms with van der Waals surface area (Å²) in [6, 6.07) is 10.4. The first kappa shape index (κ1) is 23.4. The second-order valence-corrected chi connectivity index (χ2v) is 10.8. The Kier molecular flexibility index (Phi) is 6.60. The third kappa shape index (κ3) is 5.11. The summed E-state index contributed by atoms with van der Waals surface area (Å²) in [5, 5.41) is -0.348. The molecule has 9 nitrogen and oxygen atoms in total. The van der Waals surface area contributed by atoms with Crippen molar-refractivity contribution in [3.63, 3.8) is 0 Å². The molecule has 3 aromatic rings. The summed E-state index contributed by atoms with van der Waals surface area (Å²) in [6.07, 6.45) is 1.25. The van der Waals surface area contributed by atoms with Gasteiger partial charge in [-0.15, -0.1) is 0 Å². The first-order valence-electron chi connectivity index (χ1n) is 9.06. The molecule has 11 heteroatoms. The van der Waals surface area contributed by atoms with Crippen LogP contribution in [-0.2, 0) is 19.7 Å². The van der Waals surface area contributed by atoms with Gasteiger partial charge in [0.05, 0.1) is 26.7 Å². The normalized spacial score (nSPS) is 12.2. The molecule has 0 aliphatic heterocycles. The average molecular weight is 481 g/mol. The Morgan fingerprint density at radius 3 is 2.12 bits per heavy atom. The highest BCUT2D eigenvalue weighted by Gasteiger charge is 2.27. The predicted molar refractivity (Wildman–Crippen MR) is 119 cm³/mol. The Hall–Kier alpha value is -3.31. The fourth-order valence-electron chi connectivity index (χ4n) is 2.86. The summed E-state index contributed by atoms with van der Waals surface area (Å²) in [5.41, 5.74) is -0.634. The Morgan fingerprint density at radius 1 is 0.875 bits per heavy atom. The molecular weight excluding hydrogens is 460 g/mol. The van der Waals surface area contributed by atoms with E-state index in [1.165, 1.54) is 39.5 Å². The molecule has 1 aromatic heterocycles. The van der Waals surface area contributed by atoms with Crippen molar-refractivity contribution in [2.24, 2.45) is 0 Å². The van der Waals surface area contributed by atoms with Gasteiger partial charge in [0.15, 0.2) is 29.7 Å². The van der Waals surface area contributed by atoms with Crippen LogP contribution in [0, 0.1) is 0 Å². The van der Waals surface area contributed by atoms with Gasteiger partial charge in [-0.3, -0.25) is 0 Å².